The highest BCUT2D eigenvalue weighted by atomic mass is 35.5. The fourth-order valence-corrected chi connectivity index (χ4v) is 2.84. The van der Waals surface area contributed by atoms with E-state index in [0.717, 1.165) is 5.75 Å². The third kappa shape index (κ3) is 4.64. The van der Waals surface area contributed by atoms with E-state index in [9.17, 15) is 4.79 Å². The van der Waals surface area contributed by atoms with E-state index in [4.69, 9.17) is 30.3 Å². The van der Waals surface area contributed by atoms with Crippen molar-refractivity contribution in [3.63, 3.8) is 0 Å². The second kappa shape index (κ2) is 9.28. The lowest BCUT2D eigenvalue weighted by Crippen LogP contribution is -2.13. The van der Waals surface area contributed by atoms with E-state index in [1.54, 1.807) is 37.3 Å². The van der Waals surface area contributed by atoms with Crippen molar-refractivity contribution in [2.75, 3.05) is 19.8 Å². The quantitative estimate of drug-likeness (QED) is 0.393. The van der Waals surface area contributed by atoms with Gasteiger partial charge in [0.1, 0.15) is 41.7 Å². The first-order valence-electron chi connectivity index (χ1n) is 8.84. The first-order valence-corrected chi connectivity index (χ1v) is 9.22. The van der Waals surface area contributed by atoms with Gasteiger partial charge in [-0.2, -0.15) is 0 Å². The summed E-state index contributed by atoms with van der Waals surface area (Å²) in [5, 5.41) is 4.44. The number of esters is 1. The van der Waals surface area contributed by atoms with Gasteiger partial charge in [0.05, 0.1) is 11.6 Å². The van der Waals surface area contributed by atoms with Crippen LogP contribution in [0.4, 0.5) is 0 Å². The Morgan fingerprint density at radius 3 is 2.39 bits per heavy atom. The predicted molar refractivity (Wildman–Crippen MR) is 105 cm³/mol. The molecule has 0 unspecified atom stereocenters. The molecule has 3 rings (SSSR count). The lowest BCUT2D eigenvalue weighted by Gasteiger charge is -2.09. The summed E-state index contributed by atoms with van der Waals surface area (Å²) in [6.07, 6.45) is 0. The van der Waals surface area contributed by atoms with Gasteiger partial charge in [-0.1, -0.05) is 35.0 Å². The molecule has 0 N–H and O–H groups in total. The maximum absolute atomic E-state index is 12.5. The molecule has 0 saturated carbocycles. The first kappa shape index (κ1) is 19.8. The number of carbonyl (C=O) groups excluding carboxylic acids is 1. The molecular weight excluding hydrogens is 382 g/mol. The Morgan fingerprint density at radius 1 is 1.04 bits per heavy atom. The highest BCUT2D eigenvalue weighted by Crippen LogP contribution is 2.31. The summed E-state index contributed by atoms with van der Waals surface area (Å²) < 4.78 is 21.5. The average Bonchev–Trinajstić information content (AvgIpc) is 3.08. The molecule has 146 valence electrons. The van der Waals surface area contributed by atoms with Gasteiger partial charge < -0.3 is 18.7 Å². The number of halogens is 1. The van der Waals surface area contributed by atoms with Gasteiger partial charge in [-0.15, -0.1) is 0 Å². The third-order valence-corrected chi connectivity index (χ3v) is 4.25. The lowest BCUT2D eigenvalue weighted by molar-refractivity contribution is 0.0449. The van der Waals surface area contributed by atoms with Crippen molar-refractivity contribution in [1.29, 1.82) is 0 Å². The van der Waals surface area contributed by atoms with Crippen molar-refractivity contribution in [1.82, 2.24) is 5.16 Å². The van der Waals surface area contributed by atoms with Crippen LogP contribution in [0.2, 0.25) is 5.02 Å². The van der Waals surface area contributed by atoms with Crippen LogP contribution >= 0.6 is 11.6 Å². The van der Waals surface area contributed by atoms with Crippen molar-refractivity contribution in [2.45, 2.75) is 13.8 Å². The van der Waals surface area contributed by atoms with Gasteiger partial charge in [-0.05, 0) is 44.2 Å². The van der Waals surface area contributed by atoms with Gasteiger partial charge in [0.2, 0.25) is 0 Å². The molecule has 0 amide bonds. The number of aromatic nitrogens is 1. The van der Waals surface area contributed by atoms with E-state index in [-0.39, 0.29) is 18.8 Å². The van der Waals surface area contributed by atoms with E-state index < -0.39 is 5.97 Å². The maximum atomic E-state index is 12.5. The van der Waals surface area contributed by atoms with Gasteiger partial charge in [0.25, 0.3) is 0 Å². The zero-order valence-electron chi connectivity index (χ0n) is 15.6. The SMILES string of the molecule is CCOc1ccc(OCCOC(=O)c2c(-c3ccccc3Cl)noc2C)cc1. The van der Waals surface area contributed by atoms with Crippen LogP contribution in [0.3, 0.4) is 0 Å². The van der Waals surface area contributed by atoms with Crippen LogP contribution in [-0.4, -0.2) is 30.9 Å². The molecule has 1 aromatic heterocycles. The van der Waals surface area contributed by atoms with Gasteiger partial charge in [-0.3, -0.25) is 0 Å². The minimum atomic E-state index is -0.538. The summed E-state index contributed by atoms with van der Waals surface area (Å²) in [5.41, 5.74) is 1.23. The molecule has 0 atom stereocenters. The van der Waals surface area contributed by atoms with E-state index in [1.165, 1.54) is 0 Å². The molecule has 28 heavy (non-hydrogen) atoms. The third-order valence-electron chi connectivity index (χ3n) is 3.92. The molecule has 2 aromatic carbocycles. The van der Waals surface area contributed by atoms with Crippen LogP contribution in [0.15, 0.2) is 53.1 Å². The van der Waals surface area contributed by atoms with Crippen molar-refractivity contribution in [3.05, 3.63) is 64.9 Å². The molecule has 3 aromatic rings. The molecular formula is C21H20ClNO5. The number of nitrogens with zero attached hydrogens (tertiary/aromatic N) is 1. The molecule has 0 spiro atoms. The number of aryl methyl sites for hydroxylation is 1. The summed E-state index contributed by atoms with van der Waals surface area (Å²) in [6.45, 7) is 4.48. The van der Waals surface area contributed by atoms with Crippen molar-refractivity contribution < 1.29 is 23.5 Å². The van der Waals surface area contributed by atoms with Crippen molar-refractivity contribution in [2.24, 2.45) is 0 Å². The van der Waals surface area contributed by atoms with Crippen LogP contribution < -0.4 is 9.47 Å². The normalized spacial score (nSPS) is 10.5. The van der Waals surface area contributed by atoms with Crippen LogP contribution in [-0.2, 0) is 4.74 Å². The molecule has 0 saturated heterocycles. The molecule has 1 heterocycles. The van der Waals surface area contributed by atoms with E-state index >= 15 is 0 Å². The Hall–Kier alpha value is -2.99. The molecule has 0 bridgehead atoms. The van der Waals surface area contributed by atoms with Crippen LogP contribution in [0.25, 0.3) is 11.3 Å². The van der Waals surface area contributed by atoms with Gasteiger partial charge in [0, 0.05) is 5.56 Å². The Kier molecular flexibility index (Phi) is 6.55. The average molecular weight is 402 g/mol. The van der Waals surface area contributed by atoms with Crippen LogP contribution in [0, 0.1) is 6.92 Å². The number of rotatable bonds is 8. The number of hydrogen-bond donors (Lipinski definition) is 0. The summed E-state index contributed by atoms with van der Waals surface area (Å²) in [6, 6.07) is 14.3. The smallest absolute Gasteiger partial charge is 0.344 e. The minimum Gasteiger partial charge on any atom is -0.494 e. The molecule has 0 fully saturated rings. The minimum absolute atomic E-state index is 0.0820. The summed E-state index contributed by atoms with van der Waals surface area (Å²) in [5.74, 6) is 1.27. The fraction of sp³-hybridized carbons (Fsp3) is 0.238. The Bertz CT molecular complexity index is 936. The van der Waals surface area contributed by atoms with Gasteiger partial charge >= 0.3 is 5.97 Å². The zero-order chi connectivity index (χ0) is 19.9. The highest BCUT2D eigenvalue weighted by Gasteiger charge is 2.24. The molecule has 0 aliphatic rings. The van der Waals surface area contributed by atoms with Gasteiger partial charge in [-0.25, -0.2) is 4.79 Å². The molecule has 0 aliphatic heterocycles. The van der Waals surface area contributed by atoms with E-state index in [1.807, 2.05) is 25.1 Å². The molecule has 0 aliphatic carbocycles. The van der Waals surface area contributed by atoms with Crippen molar-refractivity contribution >= 4 is 17.6 Å². The predicted octanol–water partition coefficient (Wildman–Crippen LogP) is 4.94. The van der Waals surface area contributed by atoms with E-state index in [0.29, 0.717) is 34.4 Å². The number of hydrogen-bond acceptors (Lipinski definition) is 6. The largest absolute Gasteiger partial charge is 0.494 e. The topological polar surface area (TPSA) is 70.8 Å². The molecule has 7 heteroatoms. The number of carbonyl (C=O) groups is 1. The zero-order valence-corrected chi connectivity index (χ0v) is 16.4. The lowest BCUT2D eigenvalue weighted by atomic mass is 10.1. The fourth-order valence-electron chi connectivity index (χ4n) is 2.61. The first-order chi connectivity index (χ1) is 13.6. The maximum Gasteiger partial charge on any atom is 0.344 e. The summed E-state index contributed by atoms with van der Waals surface area (Å²) >= 11 is 6.21. The highest BCUT2D eigenvalue weighted by molar-refractivity contribution is 6.33. The summed E-state index contributed by atoms with van der Waals surface area (Å²) in [7, 11) is 0. The van der Waals surface area contributed by atoms with Crippen molar-refractivity contribution in [3.8, 4) is 22.8 Å². The second-order valence-corrected chi connectivity index (χ2v) is 6.24. The van der Waals surface area contributed by atoms with Crippen LogP contribution in [0.1, 0.15) is 23.0 Å². The monoisotopic (exact) mass is 401 g/mol. The van der Waals surface area contributed by atoms with E-state index in [2.05, 4.69) is 5.16 Å². The van der Waals surface area contributed by atoms with Crippen LogP contribution in [0.5, 0.6) is 11.5 Å². The number of benzene rings is 2. The Labute approximate surface area is 168 Å². The number of ether oxygens (including phenoxy) is 3. The van der Waals surface area contributed by atoms with Gasteiger partial charge in [0.15, 0.2) is 0 Å². The molecule has 0 radical (unpaired) electrons. The second-order valence-electron chi connectivity index (χ2n) is 5.83. The Balaban J connectivity index is 1.58. The summed E-state index contributed by atoms with van der Waals surface area (Å²) in [4.78, 5) is 12.5. The standard InChI is InChI=1S/C21H20ClNO5/c1-3-25-15-8-10-16(11-9-15)26-12-13-27-21(24)19-14(2)28-23-20(19)17-6-4-5-7-18(17)22/h4-11H,3,12-13H2,1-2H3. The Morgan fingerprint density at radius 2 is 1.71 bits per heavy atom. The molecule has 6 nitrogen and oxygen atoms in total.